The molecule has 0 spiro atoms. The van der Waals surface area contributed by atoms with E-state index in [9.17, 15) is 43.2 Å². The van der Waals surface area contributed by atoms with Crippen LogP contribution in [0, 0.1) is 5.92 Å². The van der Waals surface area contributed by atoms with E-state index in [4.69, 9.17) is 37.0 Å². The van der Waals surface area contributed by atoms with Gasteiger partial charge in [0.05, 0.1) is 26.4 Å². The van der Waals surface area contributed by atoms with Gasteiger partial charge >= 0.3 is 39.5 Å². The molecule has 0 radical (unpaired) electrons. The number of unbranched alkanes of at least 4 members (excludes halogenated alkanes) is 52. The van der Waals surface area contributed by atoms with Gasteiger partial charge in [-0.25, -0.2) is 9.13 Å². The summed E-state index contributed by atoms with van der Waals surface area (Å²) in [4.78, 5) is 72.9. The Morgan fingerprint density at radius 2 is 0.465 bits per heavy atom. The van der Waals surface area contributed by atoms with Crippen molar-refractivity contribution in [3.05, 3.63) is 0 Å². The number of carbonyl (C=O) groups is 4. The molecule has 0 aliphatic rings. The predicted octanol–water partition coefficient (Wildman–Crippen LogP) is 24.0. The summed E-state index contributed by atoms with van der Waals surface area (Å²) in [5.74, 6) is -1.29. The maximum atomic E-state index is 13.1. The number of ether oxygens (including phenoxy) is 4. The molecule has 0 heterocycles. The molecule has 0 saturated heterocycles. The van der Waals surface area contributed by atoms with Crippen molar-refractivity contribution in [2.45, 2.75) is 445 Å². The lowest BCUT2D eigenvalue weighted by molar-refractivity contribution is -0.161. The van der Waals surface area contributed by atoms with Crippen molar-refractivity contribution in [2.75, 3.05) is 39.6 Å². The number of rotatable bonds is 80. The first-order valence-corrected chi connectivity index (χ1v) is 44.6. The number of phosphoric ester groups is 2. The molecule has 588 valence electrons. The SMILES string of the molecule is CCCCCCCCCCCCCCCCCC(=O)OC[C@H](COP(=O)(O)OC[C@@H](O)COP(=O)(O)OC[C@@H](COC(=O)CCCCCCCCCC)OC(=O)CCCCCCCCCCCCCCCCC)OC(=O)CCCCCCCCCCCCCCCCCCCCC(C)C. The second kappa shape index (κ2) is 73.0. The van der Waals surface area contributed by atoms with Crippen LogP contribution in [0.5, 0.6) is 0 Å². The van der Waals surface area contributed by atoms with Crippen molar-refractivity contribution in [1.29, 1.82) is 0 Å². The van der Waals surface area contributed by atoms with Crippen molar-refractivity contribution in [3.8, 4) is 0 Å². The average Bonchev–Trinajstić information content (AvgIpc) is 1.38. The number of esters is 4. The number of carbonyl (C=O) groups excluding carboxylic acids is 4. The third-order valence-electron chi connectivity index (χ3n) is 18.8. The van der Waals surface area contributed by atoms with Gasteiger partial charge in [0.15, 0.2) is 12.2 Å². The fourth-order valence-electron chi connectivity index (χ4n) is 12.4. The molecule has 0 aromatic carbocycles. The maximum Gasteiger partial charge on any atom is 0.472 e. The van der Waals surface area contributed by atoms with Crippen molar-refractivity contribution < 1.29 is 80.2 Å². The van der Waals surface area contributed by atoms with Gasteiger partial charge in [0.25, 0.3) is 0 Å². The van der Waals surface area contributed by atoms with E-state index in [-0.39, 0.29) is 25.7 Å². The van der Waals surface area contributed by atoms with Crippen molar-refractivity contribution >= 4 is 39.5 Å². The lowest BCUT2D eigenvalue weighted by Crippen LogP contribution is -2.30. The minimum atomic E-state index is -4.96. The Bertz CT molecular complexity index is 1890. The lowest BCUT2D eigenvalue weighted by Gasteiger charge is -2.21. The van der Waals surface area contributed by atoms with E-state index in [1.54, 1.807) is 0 Å². The first kappa shape index (κ1) is 97.1. The number of aliphatic hydroxyl groups excluding tert-OH is 1. The molecule has 0 saturated carbocycles. The van der Waals surface area contributed by atoms with E-state index in [1.165, 1.54) is 250 Å². The molecule has 2 unspecified atom stereocenters. The van der Waals surface area contributed by atoms with Crippen molar-refractivity contribution in [3.63, 3.8) is 0 Å². The molecule has 19 heteroatoms. The molecule has 17 nitrogen and oxygen atoms in total. The largest absolute Gasteiger partial charge is 0.472 e. The third-order valence-corrected chi connectivity index (χ3v) is 20.7. The monoisotopic (exact) mass is 1450 g/mol. The van der Waals surface area contributed by atoms with Gasteiger partial charge in [-0.15, -0.1) is 0 Å². The quantitative estimate of drug-likeness (QED) is 0.0222. The summed E-state index contributed by atoms with van der Waals surface area (Å²) < 4.78 is 68.6. The second-order valence-electron chi connectivity index (χ2n) is 29.3. The lowest BCUT2D eigenvalue weighted by atomic mass is 10.0. The van der Waals surface area contributed by atoms with Crippen LogP contribution in [-0.4, -0.2) is 96.7 Å². The van der Waals surface area contributed by atoms with Gasteiger partial charge in [-0.2, -0.15) is 0 Å². The average molecular weight is 1450 g/mol. The van der Waals surface area contributed by atoms with Crippen LogP contribution >= 0.6 is 15.6 Å². The molecule has 0 aliphatic carbocycles. The zero-order chi connectivity index (χ0) is 72.7. The van der Waals surface area contributed by atoms with E-state index in [1.807, 2.05) is 0 Å². The van der Waals surface area contributed by atoms with E-state index < -0.39 is 97.5 Å². The number of phosphoric acid groups is 2. The highest BCUT2D eigenvalue weighted by Crippen LogP contribution is 2.45. The van der Waals surface area contributed by atoms with Crippen LogP contribution in [0.4, 0.5) is 0 Å². The van der Waals surface area contributed by atoms with E-state index in [0.29, 0.717) is 25.7 Å². The fourth-order valence-corrected chi connectivity index (χ4v) is 14.0. The molecule has 0 amide bonds. The maximum absolute atomic E-state index is 13.1. The molecule has 0 aliphatic heterocycles. The van der Waals surface area contributed by atoms with Gasteiger partial charge in [0, 0.05) is 25.7 Å². The Hall–Kier alpha value is -1.94. The standard InChI is InChI=1S/C80H156O17P2/c1-6-9-12-15-18-21-23-25-31-36-40-44-49-54-59-64-78(83)91-70-76(97-80(85)66-61-56-51-46-42-38-34-30-28-27-29-33-35-39-43-47-52-57-62-73(4)5)72-95-99(88,89)93-68-74(81)67-92-98(86,87)94-71-75(69-90-77(82)63-58-53-48-20-17-14-11-8-3)96-79(84)65-60-55-50-45-41-37-32-26-24-22-19-16-13-10-7-2/h73-76,81H,6-72H2,1-5H3,(H,86,87)(H,88,89)/t74-,75+,76+/m0/s1. The molecule has 0 bridgehead atoms. The van der Waals surface area contributed by atoms with Crippen LogP contribution in [0.1, 0.15) is 426 Å². The van der Waals surface area contributed by atoms with Gasteiger partial charge in [-0.05, 0) is 31.6 Å². The second-order valence-corrected chi connectivity index (χ2v) is 32.2. The molecule has 0 rings (SSSR count). The normalized spacial score (nSPS) is 13.9. The Morgan fingerprint density at radius 1 is 0.273 bits per heavy atom. The van der Waals surface area contributed by atoms with Crippen LogP contribution in [0.3, 0.4) is 0 Å². The molecule has 0 aromatic rings. The minimum absolute atomic E-state index is 0.108. The Labute approximate surface area is 607 Å². The first-order chi connectivity index (χ1) is 48.0. The summed E-state index contributed by atoms with van der Waals surface area (Å²) >= 11 is 0. The Morgan fingerprint density at radius 3 is 0.687 bits per heavy atom. The van der Waals surface area contributed by atoms with E-state index in [2.05, 4.69) is 34.6 Å². The zero-order valence-electron chi connectivity index (χ0n) is 64.6. The minimum Gasteiger partial charge on any atom is -0.462 e. The van der Waals surface area contributed by atoms with Gasteiger partial charge in [0.1, 0.15) is 19.3 Å². The van der Waals surface area contributed by atoms with Gasteiger partial charge in [0.2, 0.25) is 0 Å². The summed E-state index contributed by atoms with van der Waals surface area (Å²) in [6.07, 6.45) is 63.9. The van der Waals surface area contributed by atoms with Crippen LogP contribution in [0.25, 0.3) is 0 Å². The summed E-state index contributed by atoms with van der Waals surface area (Å²) in [5, 5.41) is 10.6. The Balaban J connectivity index is 5.18. The van der Waals surface area contributed by atoms with Gasteiger partial charge in [-0.1, -0.05) is 375 Å². The topological polar surface area (TPSA) is 237 Å². The van der Waals surface area contributed by atoms with Gasteiger partial charge in [-0.3, -0.25) is 37.3 Å². The van der Waals surface area contributed by atoms with Crippen LogP contribution in [0.2, 0.25) is 0 Å². The van der Waals surface area contributed by atoms with Crippen molar-refractivity contribution in [1.82, 2.24) is 0 Å². The zero-order valence-corrected chi connectivity index (χ0v) is 66.4. The van der Waals surface area contributed by atoms with Gasteiger partial charge < -0.3 is 33.8 Å². The summed E-state index contributed by atoms with van der Waals surface area (Å²) in [5.41, 5.74) is 0. The summed E-state index contributed by atoms with van der Waals surface area (Å²) in [7, 11) is -9.91. The number of hydrogen-bond acceptors (Lipinski definition) is 15. The number of hydrogen-bond donors (Lipinski definition) is 3. The molecular weight excluding hydrogens is 1290 g/mol. The van der Waals surface area contributed by atoms with Crippen LogP contribution in [0.15, 0.2) is 0 Å². The Kier molecular flexibility index (Phi) is 71.6. The van der Waals surface area contributed by atoms with E-state index >= 15 is 0 Å². The highest BCUT2D eigenvalue weighted by Gasteiger charge is 2.30. The molecule has 0 aromatic heterocycles. The smallest absolute Gasteiger partial charge is 0.462 e. The molecule has 3 N–H and O–H groups in total. The van der Waals surface area contributed by atoms with Crippen molar-refractivity contribution in [2.24, 2.45) is 5.92 Å². The highest BCUT2D eigenvalue weighted by molar-refractivity contribution is 7.47. The highest BCUT2D eigenvalue weighted by atomic mass is 31.2. The molecular formula is C80H156O17P2. The third kappa shape index (κ3) is 74.1. The van der Waals surface area contributed by atoms with Crippen LogP contribution < -0.4 is 0 Å². The first-order valence-electron chi connectivity index (χ1n) is 41.6. The summed E-state index contributed by atoms with van der Waals surface area (Å²) in [6.45, 7) is 7.34. The molecule has 5 atom stereocenters. The van der Waals surface area contributed by atoms with Crippen LogP contribution in [-0.2, 0) is 65.4 Å². The number of aliphatic hydroxyl groups is 1. The summed E-state index contributed by atoms with van der Waals surface area (Å²) in [6, 6.07) is 0. The fraction of sp³-hybridized carbons (Fsp3) is 0.950. The molecule has 99 heavy (non-hydrogen) atoms. The predicted molar refractivity (Wildman–Crippen MR) is 405 cm³/mol. The molecule has 0 fully saturated rings. The van der Waals surface area contributed by atoms with E-state index in [0.717, 1.165) is 95.8 Å².